The van der Waals surface area contributed by atoms with E-state index in [1.807, 2.05) is 25.1 Å². The molecule has 1 aromatic rings. The maximum absolute atomic E-state index is 14.1. The predicted molar refractivity (Wildman–Crippen MR) is 146 cm³/mol. The van der Waals surface area contributed by atoms with Gasteiger partial charge in [-0.2, -0.15) is 0 Å². The predicted octanol–water partition coefficient (Wildman–Crippen LogP) is 2.06. The third kappa shape index (κ3) is 3.95. The van der Waals surface area contributed by atoms with Crippen LogP contribution < -0.4 is 16.0 Å². The molecule has 3 aliphatic carbocycles. The van der Waals surface area contributed by atoms with E-state index in [1.54, 1.807) is 0 Å². The zero-order valence-electron chi connectivity index (χ0n) is 23.6. The molecular weight excluding hydrogens is 502 g/mol. The molecule has 0 heterocycles. The summed E-state index contributed by atoms with van der Waals surface area (Å²) in [4.78, 5) is 41.3. The summed E-state index contributed by atoms with van der Waals surface area (Å²) in [6.07, 6.45) is 1.55. The first-order valence-corrected chi connectivity index (χ1v) is 13.1. The van der Waals surface area contributed by atoms with Crippen LogP contribution in [0.4, 0.5) is 5.69 Å². The number of hydrogen-bond acceptors (Lipinski definition) is 9. The fourth-order valence-corrected chi connectivity index (χ4v) is 6.69. The molecule has 1 amide bonds. The molecule has 0 bridgehead atoms. The van der Waals surface area contributed by atoms with Crippen molar-refractivity contribution in [3.8, 4) is 5.75 Å². The molecule has 7 N–H and O–H groups in total. The monoisotopic (exact) mass is 541 g/mol. The average molecular weight is 542 g/mol. The summed E-state index contributed by atoms with van der Waals surface area (Å²) in [7, 11) is 5.17. The van der Waals surface area contributed by atoms with Crippen molar-refractivity contribution < 1.29 is 34.8 Å². The number of fused-ring (bicyclic) bond motifs is 3. The number of likely N-dealkylation sites (N-methyl/N-ethyl adjacent to an activating group) is 1. The van der Waals surface area contributed by atoms with E-state index in [0.717, 1.165) is 12.1 Å². The lowest BCUT2D eigenvalue weighted by atomic mass is 9.50. The zero-order chi connectivity index (χ0) is 29.4. The number of phenols is 1. The summed E-state index contributed by atoms with van der Waals surface area (Å²) in [6.45, 7) is 7.77. The summed E-state index contributed by atoms with van der Waals surface area (Å²) in [5.41, 5.74) is 2.23. The second-order valence-corrected chi connectivity index (χ2v) is 12.7. The quantitative estimate of drug-likeness (QED) is 0.305. The maximum Gasteiger partial charge on any atom is 0.255 e. The number of carbonyl (C=O) groups excluding carboxylic acids is 3. The lowest BCUT2D eigenvalue weighted by Gasteiger charge is -2.55. The molecule has 10 heteroatoms. The molecular formula is C29H39N3O7. The van der Waals surface area contributed by atoms with Crippen LogP contribution in [-0.4, -0.2) is 70.7 Å². The summed E-state index contributed by atoms with van der Waals surface area (Å²) < 4.78 is 0. The van der Waals surface area contributed by atoms with Gasteiger partial charge in [-0.25, -0.2) is 0 Å². The average Bonchev–Trinajstić information content (AvgIpc) is 2.80. The van der Waals surface area contributed by atoms with Gasteiger partial charge in [-0.15, -0.1) is 0 Å². The fourth-order valence-electron chi connectivity index (χ4n) is 6.69. The first-order valence-electron chi connectivity index (χ1n) is 13.1. The number of rotatable bonds is 5. The van der Waals surface area contributed by atoms with E-state index in [-0.39, 0.29) is 35.1 Å². The molecule has 1 unspecified atom stereocenters. The fraction of sp³-hybridized carbons (Fsp3) is 0.552. The molecule has 1 fully saturated rings. The maximum atomic E-state index is 14.1. The van der Waals surface area contributed by atoms with Crippen LogP contribution in [-0.2, 0) is 27.2 Å². The molecule has 0 aliphatic heterocycles. The number of aliphatic hydroxyl groups excluding tert-OH is 2. The molecule has 0 aromatic heterocycles. The Labute approximate surface area is 228 Å². The van der Waals surface area contributed by atoms with E-state index in [0.29, 0.717) is 17.5 Å². The second-order valence-electron chi connectivity index (χ2n) is 12.7. The van der Waals surface area contributed by atoms with E-state index in [9.17, 15) is 34.8 Å². The Balaban J connectivity index is 1.99. The van der Waals surface area contributed by atoms with Crippen molar-refractivity contribution in [2.75, 3.05) is 26.0 Å². The molecule has 1 saturated carbocycles. The van der Waals surface area contributed by atoms with E-state index < -0.39 is 57.5 Å². The Kier molecular flexibility index (Phi) is 6.68. The van der Waals surface area contributed by atoms with Crippen LogP contribution in [0, 0.1) is 16.7 Å². The first kappa shape index (κ1) is 28.6. The summed E-state index contributed by atoms with van der Waals surface area (Å²) >= 11 is 0. The number of Topliss-reactive ketones (excluding diaryl/α,β-unsaturated/α-hetero) is 2. The molecule has 0 saturated heterocycles. The minimum absolute atomic E-state index is 0.0104. The van der Waals surface area contributed by atoms with Gasteiger partial charge in [0, 0.05) is 30.8 Å². The highest BCUT2D eigenvalue weighted by molar-refractivity contribution is 6.25. The number of benzene rings is 1. The van der Waals surface area contributed by atoms with Gasteiger partial charge in [0.1, 0.15) is 22.8 Å². The lowest BCUT2D eigenvalue weighted by molar-refractivity contribution is -0.165. The number of nitrogens with two attached hydrogens (primary N) is 1. The number of nitrogens with one attached hydrogen (secondary N) is 1. The highest BCUT2D eigenvalue weighted by atomic mass is 16.3. The van der Waals surface area contributed by atoms with Gasteiger partial charge >= 0.3 is 0 Å². The third-order valence-electron chi connectivity index (χ3n) is 8.77. The first-order chi connectivity index (χ1) is 17.9. The van der Waals surface area contributed by atoms with Crippen LogP contribution in [0.2, 0.25) is 0 Å². The summed E-state index contributed by atoms with van der Waals surface area (Å²) in [6, 6.07) is 0.686. The van der Waals surface area contributed by atoms with Crippen LogP contribution in [0.1, 0.15) is 57.2 Å². The van der Waals surface area contributed by atoms with Gasteiger partial charge in [0.25, 0.3) is 5.91 Å². The van der Waals surface area contributed by atoms with Gasteiger partial charge in [0.15, 0.2) is 11.4 Å². The van der Waals surface area contributed by atoms with Gasteiger partial charge in [-0.05, 0) is 61.3 Å². The van der Waals surface area contributed by atoms with Crippen LogP contribution in [0.25, 0.3) is 5.76 Å². The van der Waals surface area contributed by atoms with E-state index >= 15 is 0 Å². The van der Waals surface area contributed by atoms with Gasteiger partial charge in [-0.3, -0.25) is 14.4 Å². The van der Waals surface area contributed by atoms with Crippen molar-refractivity contribution in [3.63, 3.8) is 0 Å². The standard InChI is InChI=1S/C29H39N3O7/c1-27(2,3)9-8-13-11-16(32(6)7)15-10-14-12-28(4)23(31-5)22(35)19(26(30)38)25(37)29(28,39)24(36)17(14)21(34)18(15)20(13)33/h11,14,23,31,33-34,37,39H,8-10,12H2,1-7H3,(H2,30,38)/t14-,23?,28-,29-/m0/s1. The molecule has 4 atom stereocenters. The molecule has 10 nitrogen and oxygen atoms in total. The third-order valence-corrected chi connectivity index (χ3v) is 8.77. The number of amides is 1. The molecule has 212 valence electrons. The number of anilines is 1. The Morgan fingerprint density at radius 1 is 1.21 bits per heavy atom. The number of aryl methyl sites for hydroxylation is 1. The Hall–Kier alpha value is -3.37. The van der Waals surface area contributed by atoms with E-state index in [1.165, 1.54) is 14.0 Å². The molecule has 0 spiro atoms. The number of ketones is 2. The van der Waals surface area contributed by atoms with Gasteiger partial charge in [0.05, 0.1) is 11.6 Å². The zero-order valence-corrected chi connectivity index (χ0v) is 23.6. The van der Waals surface area contributed by atoms with Crippen LogP contribution in [0.5, 0.6) is 5.75 Å². The number of carbonyl (C=O) groups is 3. The van der Waals surface area contributed by atoms with Crippen LogP contribution >= 0.6 is 0 Å². The summed E-state index contributed by atoms with van der Waals surface area (Å²) in [5, 5.41) is 48.7. The van der Waals surface area contributed by atoms with Crippen molar-refractivity contribution in [2.24, 2.45) is 22.5 Å². The lowest BCUT2D eigenvalue weighted by Crippen LogP contribution is -2.71. The van der Waals surface area contributed by atoms with Crippen molar-refractivity contribution >= 4 is 28.9 Å². The van der Waals surface area contributed by atoms with E-state index in [4.69, 9.17) is 5.73 Å². The smallest absolute Gasteiger partial charge is 0.255 e. The number of aliphatic hydroxyl groups is 3. The number of nitrogens with zero attached hydrogens (tertiary/aromatic N) is 1. The van der Waals surface area contributed by atoms with Crippen molar-refractivity contribution in [1.82, 2.24) is 5.32 Å². The van der Waals surface area contributed by atoms with Crippen molar-refractivity contribution in [1.29, 1.82) is 0 Å². The topological polar surface area (TPSA) is 173 Å². The molecule has 39 heavy (non-hydrogen) atoms. The van der Waals surface area contributed by atoms with Gasteiger partial charge in [-0.1, -0.05) is 27.7 Å². The Bertz CT molecular complexity index is 1350. The molecule has 0 radical (unpaired) electrons. The molecule has 4 rings (SSSR count). The Morgan fingerprint density at radius 3 is 2.33 bits per heavy atom. The minimum Gasteiger partial charge on any atom is -0.508 e. The number of phenolic OH excluding ortho intramolecular Hbond substituents is 1. The van der Waals surface area contributed by atoms with Crippen molar-refractivity contribution in [2.45, 2.75) is 65.0 Å². The number of aromatic hydroxyl groups is 1. The second kappa shape index (κ2) is 9.09. The van der Waals surface area contributed by atoms with Crippen molar-refractivity contribution in [3.05, 3.63) is 39.7 Å². The Morgan fingerprint density at radius 2 is 1.82 bits per heavy atom. The van der Waals surface area contributed by atoms with Gasteiger partial charge in [0.2, 0.25) is 5.78 Å². The minimum atomic E-state index is -2.71. The SMILES string of the molecule is CNC1C(=O)C(C(N)=O)=C(O)[C@@]2(O)C(=O)C3=C(O)c4c(O)c(CCC(C)(C)C)cc(N(C)C)c4C[C@H]3C[C@@]12C. The van der Waals surface area contributed by atoms with E-state index in [2.05, 4.69) is 26.1 Å². The highest BCUT2D eigenvalue weighted by Crippen LogP contribution is 2.58. The van der Waals surface area contributed by atoms with Crippen LogP contribution in [0.3, 0.4) is 0 Å². The highest BCUT2D eigenvalue weighted by Gasteiger charge is 2.69. The number of primary amides is 1. The summed E-state index contributed by atoms with van der Waals surface area (Å²) in [5.74, 6) is -5.48. The largest absolute Gasteiger partial charge is 0.508 e. The van der Waals surface area contributed by atoms with Crippen LogP contribution in [0.15, 0.2) is 23.0 Å². The number of hydrogen-bond donors (Lipinski definition) is 6. The molecule has 1 aromatic carbocycles. The molecule has 3 aliphatic rings. The normalized spacial score (nSPS) is 28.7. The van der Waals surface area contributed by atoms with Gasteiger partial charge < -0.3 is 36.4 Å².